The standard InChI is InChI=1S/C12H22N2O3.ClH/c15-12(11-9-13-5-7-17-11)14-6-8-16-10-3-1-2-4-10;/h10-11,13H,1-9H2,(H,14,15);1H. The number of nitrogens with one attached hydrogen (secondary N) is 2. The minimum atomic E-state index is -0.338. The number of rotatable bonds is 5. The van der Waals surface area contributed by atoms with Crippen molar-refractivity contribution in [2.24, 2.45) is 0 Å². The Balaban J connectivity index is 0.00000162. The van der Waals surface area contributed by atoms with Crippen LogP contribution < -0.4 is 10.6 Å². The van der Waals surface area contributed by atoms with Crippen molar-refractivity contribution in [3.05, 3.63) is 0 Å². The van der Waals surface area contributed by atoms with E-state index in [-0.39, 0.29) is 24.4 Å². The SMILES string of the molecule is Cl.O=C(NCCOC1CCCC1)C1CNCCO1. The summed E-state index contributed by atoms with van der Waals surface area (Å²) in [7, 11) is 0. The Kier molecular flexibility index (Phi) is 7.58. The fourth-order valence-electron chi connectivity index (χ4n) is 2.30. The number of morpholine rings is 1. The molecule has 0 bridgehead atoms. The fourth-order valence-corrected chi connectivity index (χ4v) is 2.30. The molecular formula is C12H23ClN2O3. The molecule has 2 aliphatic rings. The largest absolute Gasteiger partial charge is 0.376 e. The summed E-state index contributed by atoms with van der Waals surface area (Å²) in [6, 6.07) is 0. The van der Waals surface area contributed by atoms with Crippen LogP contribution in [0.5, 0.6) is 0 Å². The van der Waals surface area contributed by atoms with E-state index < -0.39 is 0 Å². The molecule has 0 aromatic carbocycles. The first-order valence-corrected chi connectivity index (χ1v) is 6.58. The van der Waals surface area contributed by atoms with Crippen molar-refractivity contribution in [3.8, 4) is 0 Å². The Morgan fingerprint density at radius 3 is 2.83 bits per heavy atom. The van der Waals surface area contributed by atoms with Gasteiger partial charge in [-0.3, -0.25) is 4.79 Å². The molecule has 0 aromatic rings. The molecule has 2 N–H and O–H groups in total. The number of carbonyl (C=O) groups is 1. The lowest BCUT2D eigenvalue weighted by molar-refractivity contribution is -0.134. The molecule has 1 unspecified atom stereocenters. The summed E-state index contributed by atoms with van der Waals surface area (Å²) in [5.41, 5.74) is 0. The highest BCUT2D eigenvalue weighted by Gasteiger charge is 2.21. The zero-order valence-electron chi connectivity index (χ0n) is 10.7. The van der Waals surface area contributed by atoms with Crippen molar-refractivity contribution >= 4 is 18.3 Å². The number of carbonyl (C=O) groups excluding carboxylic acids is 1. The number of amides is 1. The van der Waals surface area contributed by atoms with Gasteiger partial charge in [0.15, 0.2) is 0 Å². The lowest BCUT2D eigenvalue weighted by Gasteiger charge is -2.22. The van der Waals surface area contributed by atoms with Crippen LogP contribution in [0.3, 0.4) is 0 Å². The molecule has 1 saturated carbocycles. The van der Waals surface area contributed by atoms with E-state index in [1.165, 1.54) is 25.7 Å². The molecule has 0 spiro atoms. The molecule has 1 aliphatic heterocycles. The van der Waals surface area contributed by atoms with Gasteiger partial charge in [0.2, 0.25) is 0 Å². The predicted molar refractivity (Wildman–Crippen MR) is 71.1 cm³/mol. The molecule has 0 aromatic heterocycles. The highest BCUT2D eigenvalue weighted by Crippen LogP contribution is 2.20. The van der Waals surface area contributed by atoms with Crippen LogP contribution in [0, 0.1) is 0 Å². The topological polar surface area (TPSA) is 59.6 Å². The summed E-state index contributed by atoms with van der Waals surface area (Å²) >= 11 is 0. The fraction of sp³-hybridized carbons (Fsp3) is 0.917. The minimum absolute atomic E-state index is 0. The van der Waals surface area contributed by atoms with Crippen LogP contribution in [0.2, 0.25) is 0 Å². The second-order valence-electron chi connectivity index (χ2n) is 4.63. The van der Waals surface area contributed by atoms with E-state index in [0.29, 0.717) is 32.4 Å². The Morgan fingerprint density at radius 2 is 2.17 bits per heavy atom. The Labute approximate surface area is 114 Å². The average molecular weight is 279 g/mol. The van der Waals surface area contributed by atoms with Crippen molar-refractivity contribution in [2.45, 2.75) is 37.9 Å². The highest BCUT2D eigenvalue weighted by molar-refractivity contribution is 5.85. The van der Waals surface area contributed by atoms with Crippen molar-refractivity contribution < 1.29 is 14.3 Å². The second kappa shape index (κ2) is 8.69. The maximum absolute atomic E-state index is 11.7. The normalized spacial score (nSPS) is 24.6. The molecule has 1 amide bonds. The number of halogens is 1. The van der Waals surface area contributed by atoms with Gasteiger partial charge >= 0.3 is 0 Å². The smallest absolute Gasteiger partial charge is 0.250 e. The van der Waals surface area contributed by atoms with E-state index in [9.17, 15) is 4.79 Å². The molecular weight excluding hydrogens is 256 g/mol. The van der Waals surface area contributed by atoms with Gasteiger partial charge in [0.1, 0.15) is 6.10 Å². The van der Waals surface area contributed by atoms with Crippen molar-refractivity contribution in [3.63, 3.8) is 0 Å². The van der Waals surface area contributed by atoms with Crippen LogP contribution in [-0.2, 0) is 14.3 Å². The molecule has 1 saturated heterocycles. The van der Waals surface area contributed by atoms with Crippen LogP contribution in [-0.4, -0.2) is 51.0 Å². The lowest BCUT2D eigenvalue weighted by atomic mass is 10.3. The van der Waals surface area contributed by atoms with Gasteiger partial charge in [-0.2, -0.15) is 0 Å². The van der Waals surface area contributed by atoms with Crippen molar-refractivity contribution in [2.75, 3.05) is 32.8 Å². The zero-order chi connectivity index (χ0) is 11.9. The quantitative estimate of drug-likeness (QED) is 0.718. The van der Waals surface area contributed by atoms with Crippen LogP contribution in [0.15, 0.2) is 0 Å². The van der Waals surface area contributed by atoms with Crippen LogP contribution in [0.1, 0.15) is 25.7 Å². The molecule has 106 valence electrons. The third-order valence-corrected chi connectivity index (χ3v) is 3.28. The first-order chi connectivity index (χ1) is 8.36. The van der Waals surface area contributed by atoms with E-state index in [4.69, 9.17) is 9.47 Å². The lowest BCUT2D eigenvalue weighted by Crippen LogP contribution is -2.48. The first-order valence-electron chi connectivity index (χ1n) is 6.58. The van der Waals surface area contributed by atoms with Crippen LogP contribution in [0.25, 0.3) is 0 Å². The summed E-state index contributed by atoms with van der Waals surface area (Å²) in [6.45, 7) is 3.23. The van der Waals surface area contributed by atoms with Gasteiger partial charge in [-0.25, -0.2) is 0 Å². The highest BCUT2D eigenvalue weighted by atomic mass is 35.5. The minimum Gasteiger partial charge on any atom is -0.376 e. The molecule has 0 radical (unpaired) electrons. The van der Waals surface area contributed by atoms with E-state index in [0.717, 1.165) is 6.54 Å². The molecule has 18 heavy (non-hydrogen) atoms. The van der Waals surface area contributed by atoms with Crippen molar-refractivity contribution in [1.82, 2.24) is 10.6 Å². The van der Waals surface area contributed by atoms with Gasteiger partial charge in [-0.15, -0.1) is 12.4 Å². The number of hydrogen-bond acceptors (Lipinski definition) is 4. The first kappa shape index (κ1) is 15.7. The van der Waals surface area contributed by atoms with E-state index in [1.807, 2.05) is 0 Å². The molecule has 2 fully saturated rings. The second-order valence-corrected chi connectivity index (χ2v) is 4.63. The van der Waals surface area contributed by atoms with Gasteiger partial charge in [0, 0.05) is 19.6 Å². The summed E-state index contributed by atoms with van der Waals surface area (Å²) in [4.78, 5) is 11.7. The van der Waals surface area contributed by atoms with E-state index in [1.54, 1.807) is 0 Å². The van der Waals surface area contributed by atoms with Crippen molar-refractivity contribution in [1.29, 1.82) is 0 Å². The zero-order valence-corrected chi connectivity index (χ0v) is 11.5. The maximum atomic E-state index is 11.7. The number of ether oxygens (including phenoxy) is 2. The molecule has 1 atom stereocenters. The monoisotopic (exact) mass is 278 g/mol. The average Bonchev–Trinajstić information content (AvgIpc) is 2.88. The van der Waals surface area contributed by atoms with Crippen LogP contribution in [0.4, 0.5) is 0 Å². The summed E-state index contributed by atoms with van der Waals surface area (Å²) in [5, 5.41) is 5.98. The molecule has 2 rings (SSSR count). The van der Waals surface area contributed by atoms with Gasteiger partial charge in [0.25, 0.3) is 5.91 Å². The summed E-state index contributed by atoms with van der Waals surface area (Å²) in [5.74, 6) is -0.0350. The molecule has 1 heterocycles. The number of hydrogen-bond donors (Lipinski definition) is 2. The Morgan fingerprint density at radius 1 is 1.39 bits per heavy atom. The van der Waals surface area contributed by atoms with Gasteiger partial charge < -0.3 is 20.1 Å². The Hall–Kier alpha value is -0.360. The van der Waals surface area contributed by atoms with Gasteiger partial charge in [-0.1, -0.05) is 12.8 Å². The molecule has 6 heteroatoms. The third kappa shape index (κ3) is 5.10. The van der Waals surface area contributed by atoms with Gasteiger partial charge in [0.05, 0.1) is 19.3 Å². The van der Waals surface area contributed by atoms with Crippen LogP contribution >= 0.6 is 12.4 Å². The summed E-state index contributed by atoms with van der Waals surface area (Å²) < 4.78 is 11.0. The summed E-state index contributed by atoms with van der Waals surface area (Å²) in [6.07, 6.45) is 4.97. The molecule has 5 nitrogen and oxygen atoms in total. The molecule has 1 aliphatic carbocycles. The third-order valence-electron chi connectivity index (χ3n) is 3.28. The predicted octanol–water partition coefficient (Wildman–Crippen LogP) is 0.472. The van der Waals surface area contributed by atoms with Gasteiger partial charge in [-0.05, 0) is 12.8 Å². The van der Waals surface area contributed by atoms with E-state index in [2.05, 4.69) is 10.6 Å². The maximum Gasteiger partial charge on any atom is 0.250 e. The Bertz CT molecular complexity index is 241. The van der Waals surface area contributed by atoms with E-state index >= 15 is 0 Å².